The Kier molecular flexibility index (Phi) is 3.13. The van der Waals surface area contributed by atoms with Gasteiger partial charge in [-0.2, -0.15) is 0 Å². The van der Waals surface area contributed by atoms with E-state index in [-0.39, 0.29) is 11.9 Å². The molecule has 16 heavy (non-hydrogen) atoms. The number of amides is 1. The van der Waals surface area contributed by atoms with E-state index in [4.69, 9.17) is 4.74 Å². The second kappa shape index (κ2) is 4.56. The van der Waals surface area contributed by atoms with Crippen LogP contribution < -0.4 is 5.32 Å². The number of allylic oxidation sites excluding steroid dienone is 4. The van der Waals surface area contributed by atoms with Crippen molar-refractivity contribution in [3.8, 4) is 0 Å². The summed E-state index contributed by atoms with van der Waals surface area (Å²) in [7, 11) is 1.66. The molecule has 0 saturated carbocycles. The fourth-order valence-corrected chi connectivity index (χ4v) is 2.28. The Morgan fingerprint density at radius 1 is 1.44 bits per heavy atom. The van der Waals surface area contributed by atoms with E-state index in [1.807, 2.05) is 12.2 Å². The third-order valence-electron chi connectivity index (χ3n) is 3.21. The van der Waals surface area contributed by atoms with Gasteiger partial charge in [-0.3, -0.25) is 4.79 Å². The van der Waals surface area contributed by atoms with Crippen LogP contribution in [0.1, 0.15) is 19.8 Å². The average Bonchev–Trinajstić information content (AvgIpc) is 2.51. The topological polar surface area (TPSA) is 38.3 Å². The van der Waals surface area contributed by atoms with Crippen LogP contribution in [-0.2, 0) is 9.53 Å². The fourth-order valence-electron chi connectivity index (χ4n) is 2.28. The van der Waals surface area contributed by atoms with Crippen molar-refractivity contribution in [1.82, 2.24) is 5.32 Å². The minimum Gasteiger partial charge on any atom is -0.497 e. The Hall–Kier alpha value is -1.51. The molecule has 0 aromatic heterocycles. The zero-order valence-electron chi connectivity index (χ0n) is 9.69. The maximum atomic E-state index is 11.3. The SMILES string of the molecule is COC1=CC=C(C2CC(=O)NC2C)CC=C1. The lowest BCUT2D eigenvalue weighted by atomic mass is 9.90. The van der Waals surface area contributed by atoms with E-state index >= 15 is 0 Å². The van der Waals surface area contributed by atoms with Gasteiger partial charge in [-0.15, -0.1) is 0 Å². The predicted octanol–water partition coefficient (Wildman–Crippen LogP) is 1.93. The molecule has 1 saturated heterocycles. The van der Waals surface area contributed by atoms with E-state index in [0.29, 0.717) is 12.3 Å². The van der Waals surface area contributed by atoms with Crippen molar-refractivity contribution in [2.45, 2.75) is 25.8 Å². The van der Waals surface area contributed by atoms with Crippen molar-refractivity contribution < 1.29 is 9.53 Å². The van der Waals surface area contributed by atoms with Crippen LogP contribution in [0, 0.1) is 5.92 Å². The molecule has 0 spiro atoms. The first-order valence-electron chi connectivity index (χ1n) is 5.61. The van der Waals surface area contributed by atoms with Crippen LogP contribution in [-0.4, -0.2) is 19.1 Å². The first-order chi connectivity index (χ1) is 7.70. The smallest absolute Gasteiger partial charge is 0.220 e. The second-order valence-corrected chi connectivity index (χ2v) is 4.29. The normalized spacial score (nSPS) is 29.2. The molecule has 1 amide bonds. The molecule has 1 fully saturated rings. The summed E-state index contributed by atoms with van der Waals surface area (Å²) in [6.45, 7) is 2.06. The van der Waals surface area contributed by atoms with Gasteiger partial charge < -0.3 is 10.1 Å². The number of carbonyl (C=O) groups excluding carboxylic acids is 1. The van der Waals surface area contributed by atoms with Crippen LogP contribution in [0.25, 0.3) is 0 Å². The standard InChI is InChI=1S/C13H17NO2/c1-9-12(8-13(15)14-9)10-4-3-5-11(16-2)7-6-10/h3,5-7,9,12H,4,8H2,1-2H3,(H,14,15). The first-order valence-corrected chi connectivity index (χ1v) is 5.61. The van der Waals surface area contributed by atoms with Gasteiger partial charge in [0, 0.05) is 18.4 Å². The maximum Gasteiger partial charge on any atom is 0.220 e. The number of ether oxygens (including phenoxy) is 1. The number of nitrogens with one attached hydrogen (secondary N) is 1. The largest absolute Gasteiger partial charge is 0.497 e. The summed E-state index contributed by atoms with van der Waals surface area (Å²) in [5.74, 6) is 1.34. The van der Waals surface area contributed by atoms with E-state index in [1.54, 1.807) is 7.11 Å². The van der Waals surface area contributed by atoms with Gasteiger partial charge in [-0.1, -0.05) is 17.7 Å². The predicted molar refractivity (Wildman–Crippen MR) is 62.6 cm³/mol. The summed E-state index contributed by atoms with van der Waals surface area (Å²) in [6.07, 6.45) is 9.61. The van der Waals surface area contributed by atoms with Gasteiger partial charge in [-0.05, 0) is 25.5 Å². The number of hydrogen-bond donors (Lipinski definition) is 1. The van der Waals surface area contributed by atoms with Gasteiger partial charge in [0.15, 0.2) is 0 Å². The van der Waals surface area contributed by atoms with Crippen molar-refractivity contribution >= 4 is 5.91 Å². The minimum absolute atomic E-state index is 0.155. The van der Waals surface area contributed by atoms with Gasteiger partial charge >= 0.3 is 0 Å². The quantitative estimate of drug-likeness (QED) is 0.770. The Balaban J connectivity index is 2.16. The Morgan fingerprint density at radius 3 is 2.88 bits per heavy atom. The molecular formula is C13H17NO2. The molecule has 2 atom stereocenters. The van der Waals surface area contributed by atoms with Crippen molar-refractivity contribution in [2.24, 2.45) is 5.92 Å². The second-order valence-electron chi connectivity index (χ2n) is 4.29. The molecule has 86 valence electrons. The van der Waals surface area contributed by atoms with Gasteiger partial charge in [0.05, 0.1) is 7.11 Å². The van der Waals surface area contributed by atoms with Gasteiger partial charge in [-0.25, -0.2) is 0 Å². The lowest BCUT2D eigenvalue weighted by molar-refractivity contribution is -0.119. The van der Waals surface area contributed by atoms with Crippen molar-refractivity contribution in [3.05, 3.63) is 35.6 Å². The zero-order chi connectivity index (χ0) is 11.5. The number of methoxy groups -OCH3 is 1. The Labute approximate surface area is 95.9 Å². The van der Waals surface area contributed by atoms with E-state index in [9.17, 15) is 4.79 Å². The lowest BCUT2D eigenvalue weighted by Gasteiger charge is -2.16. The first kappa shape index (κ1) is 11.0. The molecule has 0 aromatic rings. The van der Waals surface area contributed by atoms with E-state index in [2.05, 4.69) is 24.4 Å². The number of hydrogen-bond acceptors (Lipinski definition) is 2. The zero-order valence-corrected chi connectivity index (χ0v) is 9.69. The molecular weight excluding hydrogens is 202 g/mol. The van der Waals surface area contributed by atoms with E-state index in [0.717, 1.165) is 12.2 Å². The summed E-state index contributed by atoms with van der Waals surface area (Å²) in [6, 6.07) is 0.240. The Bertz CT molecular complexity index is 379. The summed E-state index contributed by atoms with van der Waals surface area (Å²) in [5, 5.41) is 2.95. The maximum absolute atomic E-state index is 11.3. The molecule has 0 bridgehead atoms. The van der Waals surface area contributed by atoms with Gasteiger partial charge in [0.2, 0.25) is 5.91 Å². The summed E-state index contributed by atoms with van der Waals surface area (Å²) < 4.78 is 5.18. The molecule has 1 aliphatic heterocycles. The molecule has 2 rings (SSSR count). The third kappa shape index (κ3) is 2.18. The van der Waals surface area contributed by atoms with Crippen LogP contribution in [0.2, 0.25) is 0 Å². The molecule has 2 aliphatic rings. The molecule has 1 N–H and O–H groups in total. The minimum atomic E-state index is 0.155. The fraction of sp³-hybridized carbons (Fsp3) is 0.462. The molecule has 3 nitrogen and oxygen atoms in total. The summed E-state index contributed by atoms with van der Waals surface area (Å²) >= 11 is 0. The Morgan fingerprint density at radius 2 is 2.25 bits per heavy atom. The lowest BCUT2D eigenvalue weighted by Crippen LogP contribution is -2.26. The molecule has 2 unspecified atom stereocenters. The van der Waals surface area contributed by atoms with Crippen molar-refractivity contribution in [2.75, 3.05) is 7.11 Å². The molecule has 1 heterocycles. The van der Waals surface area contributed by atoms with Crippen LogP contribution >= 0.6 is 0 Å². The van der Waals surface area contributed by atoms with Crippen LogP contribution in [0.15, 0.2) is 35.6 Å². The summed E-state index contributed by atoms with van der Waals surface area (Å²) in [5.41, 5.74) is 1.30. The third-order valence-corrected chi connectivity index (χ3v) is 3.21. The highest BCUT2D eigenvalue weighted by Gasteiger charge is 2.31. The average molecular weight is 219 g/mol. The van der Waals surface area contributed by atoms with Gasteiger partial charge in [0.25, 0.3) is 0 Å². The van der Waals surface area contributed by atoms with Gasteiger partial charge in [0.1, 0.15) is 5.76 Å². The molecule has 1 aliphatic carbocycles. The number of rotatable bonds is 2. The van der Waals surface area contributed by atoms with E-state index < -0.39 is 0 Å². The highest BCUT2D eigenvalue weighted by molar-refractivity contribution is 5.79. The van der Waals surface area contributed by atoms with Crippen LogP contribution in [0.3, 0.4) is 0 Å². The highest BCUT2D eigenvalue weighted by atomic mass is 16.5. The van der Waals surface area contributed by atoms with E-state index in [1.165, 1.54) is 5.57 Å². The number of carbonyl (C=O) groups is 1. The van der Waals surface area contributed by atoms with Crippen molar-refractivity contribution in [1.29, 1.82) is 0 Å². The molecule has 0 radical (unpaired) electrons. The van der Waals surface area contributed by atoms with Crippen molar-refractivity contribution in [3.63, 3.8) is 0 Å². The summed E-state index contributed by atoms with van der Waals surface area (Å²) in [4.78, 5) is 11.3. The monoisotopic (exact) mass is 219 g/mol. The molecule has 0 aromatic carbocycles. The highest BCUT2D eigenvalue weighted by Crippen LogP contribution is 2.28. The van der Waals surface area contributed by atoms with Crippen LogP contribution in [0.4, 0.5) is 0 Å². The molecule has 3 heteroatoms. The van der Waals surface area contributed by atoms with Crippen LogP contribution in [0.5, 0.6) is 0 Å².